The normalized spacial score (nSPS) is 11.3. The molecule has 5 nitrogen and oxygen atoms in total. The van der Waals surface area contributed by atoms with Crippen LogP contribution in [0.4, 0.5) is 5.82 Å². The Morgan fingerprint density at radius 2 is 2.27 bits per heavy atom. The van der Waals surface area contributed by atoms with E-state index in [-0.39, 0.29) is 5.75 Å². The van der Waals surface area contributed by atoms with E-state index in [0.29, 0.717) is 11.6 Å². The number of thioether (sulfide) groups is 1. The van der Waals surface area contributed by atoms with E-state index in [4.69, 9.17) is 5.84 Å². The number of aromatic nitrogens is 1. The number of nitrogens with one attached hydrogen (secondary N) is 1. The minimum absolute atomic E-state index is 0.152. The van der Waals surface area contributed by atoms with Crippen LogP contribution in [0, 0.1) is 0 Å². The van der Waals surface area contributed by atoms with Crippen LogP contribution < -0.4 is 11.3 Å². The van der Waals surface area contributed by atoms with Gasteiger partial charge in [0.2, 0.25) is 0 Å². The summed E-state index contributed by atoms with van der Waals surface area (Å²) < 4.78 is 21.8. The maximum atomic E-state index is 10.9. The first-order valence-corrected chi connectivity index (χ1v) is 7.30. The van der Waals surface area contributed by atoms with Gasteiger partial charge in [0.25, 0.3) is 0 Å². The van der Waals surface area contributed by atoms with Gasteiger partial charge in [0.05, 0.1) is 10.8 Å². The van der Waals surface area contributed by atoms with Gasteiger partial charge >= 0.3 is 0 Å². The Kier molecular flexibility index (Phi) is 4.37. The van der Waals surface area contributed by atoms with Gasteiger partial charge in [-0.05, 0) is 12.1 Å². The predicted octanol–water partition coefficient (Wildman–Crippen LogP) is 0.504. The van der Waals surface area contributed by atoms with E-state index < -0.39 is 9.84 Å². The number of nitrogens with two attached hydrogens (primary N) is 1. The molecule has 0 saturated carbocycles. The molecule has 84 valence electrons. The average molecular weight is 247 g/mol. The number of hydrazine groups is 1. The van der Waals surface area contributed by atoms with Gasteiger partial charge in [-0.3, -0.25) is 0 Å². The number of pyridine rings is 1. The number of rotatable bonds is 5. The molecule has 0 aliphatic carbocycles. The number of nitrogen functional groups attached to an aromatic ring is 1. The van der Waals surface area contributed by atoms with Gasteiger partial charge in [0.1, 0.15) is 15.7 Å². The Hall–Kier alpha value is -0.790. The summed E-state index contributed by atoms with van der Waals surface area (Å²) in [4.78, 5) is 4.14. The van der Waals surface area contributed by atoms with Crippen LogP contribution in [0.1, 0.15) is 0 Å². The maximum Gasteiger partial charge on any atom is 0.148 e. The van der Waals surface area contributed by atoms with Gasteiger partial charge < -0.3 is 5.43 Å². The Morgan fingerprint density at radius 3 is 2.87 bits per heavy atom. The highest BCUT2D eigenvalue weighted by molar-refractivity contribution is 8.00. The van der Waals surface area contributed by atoms with E-state index in [1.807, 2.05) is 12.1 Å². The zero-order valence-electron chi connectivity index (χ0n) is 8.30. The zero-order chi connectivity index (χ0) is 11.3. The fourth-order valence-corrected chi connectivity index (χ4v) is 2.96. The summed E-state index contributed by atoms with van der Waals surface area (Å²) in [5.41, 5.74) is 2.43. The molecule has 0 bridgehead atoms. The molecule has 0 atom stereocenters. The van der Waals surface area contributed by atoms with E-state index in [0.717, 1.165) is 5.03 Å². The number of nitrogens with zero attached hydrogens (tertiary/aromatic N) is 1. The molecule has 0 aliphatic heterocycles. The second kappa shape index (κ2) is 5.34. The molecular formula is C8H13N3O2S2. The smallest absolute Gasteiger partial charge is 0.148 e. The second-order valence-corrected chi connectivity index (χ2v) is 6.36. The quantitative estimate of drug-likeness (QED) is 0.448. The molecule has 0 unspecified atom stereocenters. The summed E-state index contributed by atoms with van der Waals surface area (Å²) >= 11 is 1.39. The predicted molar refractivity (Wildman–Crippen MR) is 62.5 cm³/mol. The van der Waals surface area contributed by atoms with E-state index in [1.54, 1.807) is 6.07 Å². The molecule has 7 heteroatoms. The van der Waals surface area contributed by atoms with Crippen LogP contribution >= 0.6 is 11.8 Å². The third-order valence-corrected chi connectivity index (χ3v) is 3.71. The summed E-state index contributed by atoms with van der Waals surface area (Å²) in [6, 6.07) is 5.36. The molecule has 0 amide bonds. The average Bonchev–Trinajstić information content (AvgIpc) is 2.16. The summed E-state index contributed by atoms with van der Waals surface area (Å²) in [6.45, 7) is 0. The molecular weight excluding hydrogens is 234 g/mol. The highest BCUT2D eigenvalue weighted by Gasteiger charge is 2.03. The lowest BCUT2D eigenvalue weighted by molar-refractivity contribution is 0.603. The van der Waals surface area contributed by atoms with Crippen LogP contribution in [0.15, 0.2) is 23.2 Å². The molecule has 1 rings (SSSR count). The Morgan fingerprint density at radius 1 is 1.53 bits per heavy atom. The van der Waals surface area contributed by atoms with Crippen molar-refractivity contribution < 1.29 is 8.42 Å². The number of anilines is 1. The molecule has 0 aromatic carbocycles. The molecule has 0 spiro atoms. The Labute approximate surface area is 93.4 Å². The molecule has 0 radical (unpaired) electrons. The van der Waals surface area contributed by atoms with E-state index in [1.165, 1.54) is 18.0 Å². The first kappa shape index (κ1) is 12.3. The Bertz CT molecular complexity index is 420. The molecule has 1 aromatic heterocycles. The van der Waals surface area contributed by atoms with Crippen molar-refractivity contribution in [3.63, 3.8) is 0 Å². The van der Waals surface area contributed by atoms with Gasteiger partial charge in [-0.15, -0.1) is 11.8 Å². The Balaban J connectivity index is 2.51. The van der Waals surface area contributed by atoms with Crippen LogP contribution in [0.5, 0.6) is 0 Å². The van der Waals surface area contributed by atoms with Crippen molar-refractivity contribution in [1.82, 2.24) is 4.98 Å². The van der Waals surface area contributed by atoms with Crippen LogP contribution in [0.3, 0.4) is 0 Å². The summed E-state index contributed by atoms with van der Waals surface area (Å²) in [5.74, 6) is 6.42. The molecule has 15 heavy (non-hydrogen) atoms. The number of hydrogen-bond donors (Lipinski definition) is 2. The van der Waals surface area contributed by atoms with Crippen LogP contribution in [-0.2, 0) is 9.84 Å². The van der Waals surface area contributed by atoms with Gasteiger partial charge in [-0.1, -0.05) is 6.07 Å². The number of sulfone groups is 1. The fourth-order valence-electron chi connectivity index (χ4n) is 0.873. The maximum absolute atomic E-state index is 10.9. The number of hydrogen-bond acceptors (Lipinski definition) is 6. The van der Waals surface area contributed by atoms with Crippen LogP contribution in [0.25, 0.3) is 0 Å². The SMILES string of the molecule is CS(=O)(=O)CCSc1cccc(NN)n1. The molecule has 0 fully saturated rings. The largest absolute Gasteiger partial charge is 0.308 e. The monoisotopic (exact) mass is 247 g/mol. The zero-order valence-corrected chi connectivity index (χ0v) is 9.94. The summed E-state index contributed by atoms with van der Waals surface area (Å²) in [5, 5.41) is 0.758. The van der Waals surface area contributed by atoms with Gasteiger partial charge in [0, 0.05) is 12.0 Å². The third kappa shape index (κ3) is 5.01. The molecule has 0 aliphatic rings. The van der Waals surface area contributed by atoms with Crippen molar-refractivity contribution in [2.45, 2.75) is 5.03 Å². The minimum atomic E-state index is -2.90. The summed E-state index contributed by atoms with van der Waals surface area (Å²) in [7, 11) is -2.90. The highest BCUT2D eigenvalue weighted by atomic mass is 32.2. The molecule has 1 aromatic rings. The standard InChI is InChI=1S/C8H13N3O2S2/c1-15(12,13)6-5-14-8-4-2-3-7(10-8)11-9/h2-4H,5-6,9H2,1H3,(H,10,11). The van der Waals surface area contributed by atoms with E-state index >= 15 is 0 Å². The van der Waals surface area contributed by atoms with Crippen molar-refractivity contribution in [2.24, 2.45) is 5.84 Å². The minimum Gasteiger partial charge on any atom is -0.308 e. The van der Waals surface area contributed by atoms with Crippen LogP contribution in [-0.4, -0.2) is 31.2 Å². The van der Waals surface area contributed by atoms with Gasteiger partial charge in [-0.2, -0.15) is 0 Å². The topological polar surface area (TPSA) is 85.1 Å². The van der Waals surface area contributed by atoms with Crippen molar-refractivity contribution in [3.05, 3.63) is 18.2 Å². The van der Waals surface area contributed by atoms with Crippen molar-refractivity contribution >= 4 is 27.4 Å². The van der Waals surface area contributed by atoms with Crippen LogP contribution in [0.2, 0.25) is 0 Å². The third-order valence-electron chi connectivity index (χ3n) is 1.58. The molecule has 0 saturated heterocycles. The van der Waals surface area contributed by atoms with E-state index in [2.05, 4.69) is 10.4 Å². The van der Waals surface area contributed by atoms with Crippen molar-refractivity contribution in [2.75, 3.05) is 23.2 Å². The summed E-state index contributed by atoms with van der Waals surface area (Å²) in [6.07, 6.45) is 1.22. The van der Waals surface area contributed by atoms with Crippen molar-refractivity contribution in [1.29, 1.82) is 0 Å². The molecule has 1 heterocycles. The highest BCUT2D eigenvalue weighted by Crippen LogP contribution is 2.16. The fraction of sp³-hybridized carbons (Fsp3) is 0.375. The van der Waals surface area contributed by atoms with Gasteiger partial charge in [0.15, 0.2) is 0 Å². The van der Waals surface area contributed by atoms with Crippen molar-refractivity contribution in [3.8, 4) is 0 Å². The lowest BCUT2D eigenvalue weighted by Gasteiger charge is -2.02. The second-order valence-electron chi connectivity index (χ2n) is 2.98. The lowest BCUT2D eigenvalue weighted by Crippen LogP contribution is -2.09. The van der Waals surface area contributed by atoms with Gasteiger partial charge in [-0.25, -0.2) is 19.2 Å². The van der Waals surface area contributed by atoms with E-state index in [9.17, 15) is 8.42 Å². The first-order valence-electron chi connectivity index (χ1n) is 4.25. The molecule has 3 N–H and O–H groups in total. The first-order chi connectivity index (χ1) is 7.01. The lowest BCUT2D eigenvalue weighted by atomic mass is 10.5.